The van der Waals surface area contributed by atoms with Gasteiger partial charge in [-0.1, -0.05) is 17.4 Å². The lowest BCUT2D eigenvalue weighted by Crippen LogP contribution is -3.00. The quantitative estimate of drug-likeness (QED) is 0.468. The summed E-state index contributed by atoms with van der Waals surface area (Å²) in [5.41, 5.74) is 4.60. The van der Waals surface area contributed by atoms with Crippen LogP contribution in [0.3, 0.4) is 0 Å². The largest absolute Gasteiger partial charge is 1.00 e. The van der Waals surface area contributed by atoms with Crippen LogP contribution in [0.25, 0.3) is 10.2 Å². The molecule has 72 valence electrons. The lowest BCUT2D eigenvalue weighted by molar-refractivity contribution is -0.654. The van der Waals surface area contributed by atoms with Crippen molar-refractivity contribution in [3.8, 4) is 12.3 Å². The van der Waals surface area contributed by atoms with Gasteiger partial charge in [-0.05, 0) is 24.5 Å². The maximum absolute atomic E-state index is 5.27. The second-order valence-electron chi connectivity index (χ2n) is 3.03. The monoisotopic (exact) mass is 267 g/mol. The number of fused-ring (bicyclic) bond motifs is 1. The summed E-state index contributed by atoms with van der Waals surface area (Å²) in [7, 11) is 0. The van der Waals surface area contributed by atoms with Crippen LogP contribution in [0.1, 0.15) is 5.56 Å². The second-order valence-corrected chi connectivity index (χ2v) is 3.91. The van der Waals surface area contributed by atoms with Crippen molar-refractivity contribution in [2.24, 2.45) is 0 Å². The number of hydrogen-bond donors (Lipinski definition) is 0. The number of terminal acetylenes is 1. The van der Waals surface area contributed by atoms with Crippen molar-refractivity contribution in [3.63, 3.8) is 0 Å². The van der Waals surface area contributed by atoms with Crippen molar-refractivity contribution in [2.75, 3.05) is 0 Å². The topological polar surface area (TPSA) is 3.88 Å². The zero-order chi connectivity index (χ0) is 9.26. The van der Waals surface area contributed by atoms with Crippen molar-refractivity contribution in [3.05, 3.63) is 29.3 Å². The minimum atomic E-state index is 0. The summed E-state index contributed by atoms with van der Waals surface area (Å²) in [5, 5.41) is 0. The van der Waals surface area contributed by atoms with Gasteiger partial charge < -0.3 is 17.0 Å². The number of hydrogen-bond acceptors (Lipinski definition) is 1. The highest BCUT2D eigenvalue weighted by Crippen LogP contribution is 2.17. The molecule has 0 aliphatic rings. The summed E-state index contributed by atoms with van der Waals surface area (Å²) >= 11 is 1.74. The highest BCUT2D eigenvalue weighted by atomic mass is 79.9. The Hall–Kier alpha value is -0.850. The molecule has 0 amide bonds. The van der Waals surface area contributed by atoms with E-state index in [4.69, 9.17) is 6.42 Å². The summed E-state index contributed by atoms with van der Waals surface area (Å²) in [6.07, 6.45) is 5.27. The fraction of sp³-hybridized carbons (Fsp3) is 0.182. The Morgan fingerprint density at radius 2 is 2.29 bits per heavy atom. The smallest absolute Gasteiger partial charge is 0.226 e. The van der Waals surface area contributed by atoms with E-state index in [1.807, 2.05) is 0 Å². The number of aromatic nitrogens is 1. The summed E-state index contributed by atoms with van der Waals surface area (Å²) in [4.78, 5) is 0. The number of nitrogens with zero attached hydrogens (tertiary/aromatic N) is 1. The molecule has 0 radical (unpaired) electrons. The molecule has 1 aromatic heterocycles. The van der Waals surface area contributed by atoms with Gasteiger partial charge in [-0.25, -0.2) is 0 Å². The predicted molar refractivity (Wildman–Crippen MR) is 55.6 cm³/mol. The molecule has 1 heterocycles. The third-order valence-corrected chi connectivity index (χ3v) is 2.93. The third kappa shape index (κ3) is 1.97. The van der Waals surface area contributed by atoms with Gasteiger partial charge >= 0.3 is 0 Å². The van der Waals surface area contributed by atoms with Gasteiger partial charge in [0, 0.05) is 6.07 Å². The zero-order valence-corrected chi connectivity index (χ0v) is 10.2. The van der Waals surface area contributed by atoms with Gasteiger partial charge in [-0.15, -0.1) is 6.42 Å². The van der Waals surface area contributed by atoms with Gasteiger partial charge in [-0.3, -0.25) is 0 Å². The molecule has 0 saturated heterocycles. The zero-order valence-electron chi connectivity index (χ0n) is 7.83. The van der Waals surface area contributed by atoms with Crippen molar-refractivity contribution < 1.29 is 21.5 Å². The Bertz CT molecular complexity index is 481. The van der Waals surface area contributed by atoms with Crippen LogP contribution in [0.4, 0.5) is 0 Å². The Morgan fingerprint density at radius 1 is 1.50 bits per heavy atom. The fourth-order valence-corrected chi connectivity index (χ4v) is 2.34. The average Bonchev–Trinajstić information content (AvgIpc) is 2.49. The van der Waals surface area contributed by atoms with E-state index in [2.05, 4.69) is 41.1 Å². The molecular formula is C11H10BrNS. The van der Waals surface area contributed by atoms with E-state index in [1.54, 1.807) is 11.3 Å². The molecule has 14 heavy (non-hydrogen) atoms. The first-order valence-corrected chi connectivity index (χ1v) is 5.00. The Kier molecular flexibility index (Phi) is 3.68. The summed E-state index contributed by atoms with van der Waals surface area (Å²) in [6, 6.07) is 6.42. The molecule has 0 aliphatic carbocycles. The number of benzene rings is 1. The van der Waals surface area contributed by atoms with Gasteiger partial charge in [0.15, 0.2) is 0 Å². The summed E-state index contributed by atoms with van der Waals surface area (Å²) in [5.74, 6) is 2.65. The van der Waals surface area contributed by atoms with Crippen LogP contribution in [0.2, 0.25) is 0 Å². The van der Waals surface area contributed by atoms with Gasteiger partial charge in [0.2, 0.25) is 17.6 Å². The molecular weight excluding hydrogens is 258 g/mol. The molecule has 2 aromatic rings. The number of aryl methyl sites for hydroxylation is 1. The molecule has 1 nitrogen and oxygen atoms in total. The molecule has 0 atom stereocenters. The highest BCUT2D eigenvalue weighted by Gasteiger charge is 2.09. The van der Waals surface area contributed by atoms with Crippen LogP contribution in [0.15, 0.2) is 23.7 Å². The van der Waals surface area contributed by atoms with Crippen molar-refractivity contribution >= 4 is 21.6 Å². The SMILES string of the molecule is C#CC[n+]1csc2cc(C)ccc21.[Br-]. The number of halogens is 1. The molecule has 0 spiro atoms. The van der Waals surface area contributed by atoms with Crippen LogP contribution in [-0.4, -0.2) is 0 Å². The lowest BCUT2D eigenvalue weighted by atomic mass is 10.2. The van der Waals surface area contributed by atoms with Crippen molar-refractivity contribution in [2.45, 2.75) is 13.5 Å². The average molecular weight is 268 g/mol. The van der Waals surface area contributed by atoms with E-state index < -0.39 is 0 Å². The van der Waals surface area contributed by atoms with Crippen LogP contribution in [0.5, 0.6) is 0 Å². The van der Waals surface area contributed by atoms with Crippen LogP contribution in [-0.2, 0) is 6.54 Å². The fourth-order valence-electron chi connectivity index (χ4n) is 1.35. The number of rotatable bonds is 1. The molecule has 0 aliphatic heterocycles. The highest BCUT2D eigenvalue weighted by molar-refractivity contribution is 7.16. The second kappa shape index (κ2) is 4.59. The standard InChI is InChI=1S/C11H10NS.BrH/c1-3-6-12-8-13-11-7-9(2)4-5-10(11)12;/h1,4-5,7-8H,6H2,2H3;1H/q+1;/p-1. The van der Waals surface area contributed by atoms with Gasteiger partial charge in [0.1, 0.15) is 4.70 Å². The Morgan fingerprint density at radius 3 is 3.00 bits per heavy atom. The first kappa shape index (κ1) is 11.2. The summed E-state index contributed by atoms with van der Waals surface area (Å²) in [6.45, 7) is 2.76. The summed E-state index contributed by atoms with van der Waals surface area (Å²) < 4.78 is 3.40. The van der Waals surface area contributed by atoms with E-state index in [-0.39, 0.29) is 17.0 Å². The van der Waals surface area contributed by atoms with E-state index in [0.717, 1.165) is 0 Å². The van der Waals surface area contributed by atoms with E-state index in [9.17, 15) is 0 Å². The van der Waals surface area contributed by atoms with Gasteiger partial charge in [-0.2, -0.15) is 4.57 Å². The van der Waals surface area contributed by atoms with E-state index >= 15 is 0 Å². The number of thiazole rings is 1. The minimum absolute atomic E-state index is 0. The van der Waals surface area contributed by atoms with Crippen LogP contribution >= 0.6 is 11.3 Å². The first-order chi connectivity index (χ1) is 6.31. The van der Waals surface area contributed by atoms with Crippen molar-refractivity contribution in [1.82, 2.24) is 0 Å². The lowest BCUT2D eigenvalue weighted by Gasteiger charge is -1.89. The minimum Gasteiger partial charge on any atom is -1.00 e. The third-order valence-electron chi connectivity index (χ3n) is 1.99. The molecule has 0 N–H and O–H groups in total. The van der Waals surface area contributed by atoms with Crippen molar-refractivity contribution in [1.29, 1.82) is 0 Å². The maximum Gasteiger partial charge on any atom is 0.226 e. The molecule has 3 heteroatoms. The molecule has 1 aromatic carbocycles. The van der Waals surface area contributed by atoms with E-state index in [0.29, 0.717) is 6.54 Å². The Balaban J connectivity index is 0.000000980. The maximum atomic E-state index is 5.27. The van der Waals surface area contributed by atoms with Crippen LogP contribution in [0, 0.1) is 19.3 Å². The Labute approximate surface area is 98.2 Å². The van der Waals surface area contributed by atoms with Gasteiger partial charge in [0.25, 0.3) is 0 Å². The van der Waals surface area contributed by atoms with Gasteiger partial charge in [0.05, 0.1) is 0 Å². The van der Waals surface area contributed by atoms with E-state index in [1.165, 1.54) is 15.8 Å². The normalized spacial score (nSPS) is 9.43. The molecule has 0 bridgehead atoms. The van der Waals surface area contributed by atoms with Crippen LogP contribution < -0.4 is 21.5 Å². The molecule has 0 unspecified atom stereocenters. The molecule has 2 rings (SSSR count). The molecule has 0 fully saturated rings. The first-order valence-electron chi connectivity index (χ1n) is 4.12. The predicted octanol–water partition coefficient (Wildman–Crippen LogP) is -0.866. The molecule has 0 saturated carbocycles.